The molecule has 10 nitrogen and oxygen atoms in total. The van der Waals surface area contributed by atoms with Gasteiger partial charge in [-0.25, -0.2) is 4.79 Å². The molecule has 184 valence electrons. The number of carbonyl (C=O) groups is 2. The van der Waals surface area contributed by atoms with E-state index < -0.39 is 11.0 Å². The first kappa shape index (κ1) is 25.0. The van der Waals surface area contributed by atoms with E-state index in [1.54, 1.807) is 41.8 Å². The van der Waals surface area contributed by atoms with Crippen LogP contribution in [0.1, 0.15) is 39.4 Å². The Kier molecular flexibility index (Phi) is 7.41. The van der Waals surface area contributed by atoms with Crippen molar-refractivity contribution in [1.82, 2.24) is 20.1 Å². The van der Waals surface area contributed by atoms with Gasteiger partial charge in [0.1, 0.15) is 10.8 Å². The van der Waals surface area contributed by atoms with E-state index in [0.717, 1.165) is 11.3 Å². The van der Waals surface area contributed by atoms with Crippen molar-refractivity contribution in [2.45, 2.75) is 26.8 Å². The first-order chi connectivity index (χ1) is 17.3. The Morgan fingerprint density at radius 2 is 1.89 bits per heavy atom. The summed E-state index contributed by atoms with van der Waals surface area (Å²) in [7, 11) is 0. The molecule has 4 rings (SSSR count). The minimum atomic E-state index is -0.574. The number of halogens is 1. The standard InChI is InChI=1S/C24H21ClN6O4S/c1-3-17-12-19(22(32)18-9-4-5-10-20(18)25)23(36-17)30-14(2)28-29-21(30)13-26-24(33)27-15-7-6-8-16(11-15)31(34)35/h4-12H,3,13H2,1-2H3,(H2,26,27,33). The predicted molar refractivity (Wildman–Crippen MR) is 137 cm³/mol. The molecule has 2 heterocycles. The maximum atomic E-state index is 13.4. The molecule has 2 amide bonds. The number of rotatable bonds is 8. The summed E-state index contributed by atoms with van der Waals surface area (Å²) in [5, 5.41) is 25.5. The van der Waals surface area contributed by atoms with Crippen molar-refractivity contribution in [3.63, 3.8) is 0 Å². The molecule has 0 aliphatic carbocycles. The van der Waals surface area contributed by atoms with Crippen molar-refractivity contribution in [2.75, 3.05) is 5.32 Å². The number of urea groups is 1. The van der Waals surface area contributed by atoms with Crippen LogP contribution >= 0.6 is 22.9 Å². The van der Waals surface area contributed by atoms with Crippen molar-refractivity contribution in [2.24, 2.45) is 0 Å². The molecule has 2 aromatic carbocycles. The molecule has 0 aliphatic heterocycles. The lowest BCUT2D eigenvalue weighted by atomic mass is 10.0. The molecule has 12 heteroatoms. The van der Waals surface area contributed by atoms with Crippen molar-refractivity contribution >= 4 is 46.1 Å². The number of amides is 2. The highest BCUT2D eigenvalue weighted by molar-refractivity contribution is 7.15. The molecule has 0 fully saturated rings. The molecule has 0 bridgehead atoms. The van der Waals surface area contributed by atoms with Crippen LogP contribution in [0.25, 0.3) is 5.00 Å². The fourth-order valence-electron chi connectivity index (χ4n) is 3.54. The number of ketones is 1. The normalized spacial score (nSPS) is 10.8. The molecule has 0 aliphatic rings. The number of non-ortho nitro benzene ring substituents is 1. The Balaban J connectivity index is 1.59. The first-order valence-corrected chi connectivity index (χ1v) is 12.1. The van der Waals surface area contributed by atoms with Crippen LogP contribution in [-0.4, -0.2) is 31.5 Å². The van der Waals surface area contributed by atoms with Crippen LogP contribution in [0, 0.1) is 17.0 Å². The maximum absolute atomic E-state index is 13.4. The van der Waals surface area contributed by atoms with E-state index in [9.17, 15) is 19.7 Å². The molecule has 36 heavy (non-hydrogen) atoms. The number of nitrogens with one attached hydrogen (secondary N) is 2. The fourth-order valence-corrected chi connectivity index (χ4v) is 4.92. The van der Waals surface area contributed by atoms with Gasteiger partial charge < -0.3 is 10.6 Å². The summed E-state index contributed by atoms with van der Waals surface area (Å²) < 4.78 is 1.74. The highest BCUT2D eigenvalue weighted by Crippen LogP contribution is 2.32. The molecule has 2 aromatic heterocycles. The third kappa shape index (κ3) is 5.26. The van der Waals surface area contributed by atoms with Crippen LogP contribution in [0.3, 0.4) is 0 Å². The summed E-state index contributed by atoms with van der Waals surface area (Å²) in [5.74, 6) is 0.741. The second-order valence-electron chi connectivity index (χ2n) is 7.71. The predicted octanol–water partition coefficient (Wildman–Crippen LogP) is 5.31. The Morgan fingerprint density at radius 3 is 2.61 bits per heavy atom. The van der Waals surface area contributed by atoms with E-state index in [4.69, 9.17) is 11.6 Å². The molecule has 0 spiro atoms. The van der Waals surface area contributed by atoms with E-state index in [-0.39, 0.29) is 23.7 Å². The van der Waals surface area contributed by atoms with Crippen LogP contribution in [0.5, 0.6) is 0 Å². The Hall–Kier alpha value is -4.09. The number of aryl methyl sites for hydroxylation is 2. The van der Waals surface area contributed by atoms with Gasteiger partial charge in [0, 0.05) is 28.3 Å². The molecular formula is C24H21ClN6O4S. The Bertz CT molecular complexity index is 1460. The van der Waals surface area contributed by atoms with E-state index in [1.165, 1.54) is 29.5 Å². The maximum Gasteiger partial charge on any atom is 0.319 e. The number of hydrogen-bond donors (Lipinski definition) is 2. The highest BCUT2D eigenvalue weighted by Gasteiger charge is 2.24. The molecule has 0 saturated carbocycles. The van der Waals surface area contributed by atoms with Gasteiger partial charge in [0.2, 0.25) is 0 Å². The van der Waals surface area contributed by atoms with Crippen LogP contribution in [0.2, 0.25) is 5.02 Å². The van der Waals surface area contributed by atoms with Crippen LogP contribution in [0.15, 0.2) is 54.6 Å². The molecule has 0 saturated heterocycles. The zero-order valence-electron chi connectivity index (χ0n) is 19.3. The van der Waals surface area contributed by atoms with Gasteiger partial charge in [-0.3, -0.25) is 19.5 Å². The van der Waals surface area contributed by atoms with Gasteiger partial charge in [0.05, 0.1) is 22.1 Å². The minimum absolute atomic E-state index is 0.000677. The number of thiophene rings is 1. The number of nitro benzene ring substituents is 1. The molecule has 2 N–H and O–H groups in total. The molecule has 0 radical (unpaired) electrons. The third-order valence-corrected chi connectivity index (χ3v) is 6.89. The molecule has 0 unspecified atom stereocenters. The largest absolute Gasteiger partial charge is 0.331 e. The van der Waals surface area contributed by atoms with E-state index in [2.05, 4.69) is 20.8 Å². The summed E-state index contributed by atoms with van der Waals surface area (Å²) in [6.07, 6.45) is 0.730. The number of anilines is 1. The number of carbonyl (C=O) groups excluding carboxylic acids is 2. The van der Waals surface area contributed by atoms with Gasteiger partial charge >= 0.3 is 6.03 Å². The zero-order chi connectivity index (χ0) is 25.8. The lowest BCUT2D eigenvalue weighted by Crippen LogP contribution is -2.29. The first-order valence-electron chi connectivity index (χ1n) is 10.9. The van der Waals surface area contributed by atoms with Crippen molar-refractivity contribution in [3.05, 3.63) is 97.4 Å². The lowest BCUT2D eigenvalue weighted by molar-refractivity contribution is -0.384. The van der Waals surface area contributed by atoms with Crippen LogP contribution < -0.4 is 10.6 Å². The average molecular weight is 525 g/mol. The number of aromatic nitrogens is 3. The second kappa shape index (κ2) is 10.7. The van der Waals surface area contributed by atoms with Crippen LogP contribution in [0.4, 0.5) is 16.2 Å². The van der Waals surface area contributed by atoms with Gasteiger partial charge in [-0.15, -0.1) is 21.5 Å². The number of nitro groups is 1. The third-order valence-electron chi connectivity index (χ3n) is 5.29. The van der Waals surface area contributed by atoms with E-state index in [1.807, 2.05) is 13.0 Å². The summed E-state index contributed by atoms with van der Waals surface area (Å²) in [6.45, 7) is 3.76. The van der Waals surface area contributed by atoms with E-state index in [0.29, 0.717) is 32.8 Å². The lowest BCUT2D eigenvalue weighted by Gasteiger charge is -2.11. The van der Waals surface area contributed by atoms with Gasteiger partial charge in [0.25, 0.3) is 5.69 Å². The Labute approximate surface area is 215 Å². The Morgan fingerprint density at radius 1 is 1.11 bits per heavy atom. The topological polar surface area (TPSA) is 132 Å². The van der Waals surface area contributed by atoms with Gasteiger partial charge in [-0.05, 0) is 37.6 Å². The van der Waals surface area contributed by atoms with Crippen molar-refractivity contribution in [1.29, 1.82) is 0 Å². The number of nitrogens with zero attached hydrogens (tertiary/aromatic N) is 4. The zero-order valence-corrected chi connectivity index (χ0v) is 20.9. The van der Waals surface area contributed by atoms with Crippen molar-refractivity contribution < 1.29 is 14.5 Å². The fraction of sp³-hybridized carbons (Fsp3) is 0.167. The smallest absolute Gasteiger partial charge is 0.319 e. The number of benzene rings is 2. The summed E-state index contributed by atoms with van der Waals surface area (Å²) in [6, 6.07) is 13.8. The SMILES string of the molecule is CCc1cc(C(=O)c2ccccc2Cl)c(-n2c(C)nnc2CNC(=O)Nc2cccc([N+](=O)[O-])c2)s1. The quantitative estimate of drug-likeness (QED) is 0.182. The summed E-state index contributed by atoms with van der Waals surface area (Å²) in [5.41, 5.74) is 0.999. The van der Waals surface area contributed by atoms with Gasteiger partial charge in [-0.1, -0.05) is 36.7 Å². The van der Waals surface area contributed by atoms with E-state index >= 15 is 0 Å². The van der Waals surface area contributed by atoms with Gasteiger partial charge in [-0.2, -0.15) is 0 Å². The second-order valence-corrected chi connectivity index (χ2v) is 9.23. The molecular weight excluding hydrogens is 504 g/mol. The van der Waals surface area contributed by atoms with Crippen molar-refractivity contribution in [3.8, 4) is 5.00 Å². The minimum Gasteiger partial charge on any atom is -0.331 e. The molecule has 0 atom stereocenters. The van der Waals surface area contributed by atoms with Gasteiger partial charge in [0.15, 0.2) is 11.6 Å². The molecule has 4 aromatic rings. The monoisotopic (exact) mass is 524 g/mol. The highest BCUT2D eigenvalue weighted by atomic mass is 35.5. The number of hydrogen-bond acceptors (Lipinski definition) is 7. The summed E-state index contributed by atoms with van der Waals surface area (Å²) >= 11 is 7.73. The average Bonchev–Trinajstić information content (AvgIpc) is 3.45. The van der Waals surface area contributed by atoms with Crippen LogP contribution in [-0.2, 0) is 13.0 Å². The summed E-state index contributed by atoms with van der Waals surface area (Å²) in [4.78, 5) is 37.3.